The number of rotatable bonds is 6. The number of alkyl halides is 3. The molecule has 0 saturated carbocycles. The van der Waals surface area contributed by atoms with Gasteiger partial charge in [-0.2, -0.15) is 13.2 Å². The molecule has 0 saturated heterocycles. The number of ether oxygens (including phenoxy) is 1. The second-order valence-electron chi connectivity index (χ2n) is 4.53. The molecule has 130 valence electrons. The van der Waals surface area contributed by atoms with Gasteiger partial charge in [-0.05, 0) is 18.2 Å². The molecule has 0 aromatic heterocycles. The van der Waals surface area contributed by atoms with Crippen molar-refractivity contribution in [1.29, 1.82) is 0 Å². The summed E-state index contributed by atoms with van der Waals surface area (Å²) in [5, 5.41) is 18.5. The van der Waals surface area contributed by atoms with Crippen molar-refractivity contribution < 1.29 is 45.9 Å². The van der Waals surface area contributed by atoms with Crippen molar-refractivity contribution in [2.24, 2.45) is 0 Å². The lowest BCUT2D eigenvalue weighted by molar-refractivity contribution is -0.154. The number of aliphatic hydroxyl groups excluding tert-OH is 1. The van der Waals surface area contributed by atoms with E-state index in [1.54, 1.807) is 0 Å². The maximum Gasteiger partial charge on any atom is 0.391 e. The van der Waals surface area contributed by atoms with E-state index in [4.69, 9.17) is 5.11 Å². The van der Waals surface area contributed by atoms with Crippen LogP contribution in [-0.4, -0.2) is 48.0 Å². The van der Waals surface area contributed by atoms with Gasteiger partial charge in [0, 0.05) is 6.42 Å². The van der Waals surface area contributed by atoms with Crippen molar-refractivity contribution in [3.05, 3.63) is 23.8 Å². The van der Waals surface area contributed by atoms with Crippen LogP contribution in [0.15, 0.2) is 23.1 Å². The van der Waals surface area contributed by atoms with Gasteiger partial charge in [0.2, 0.25) is 0 Å². The fraction of sp³-hybridized carbons (Fsp3) is 0.417. The Hall–Kier alpha value is -1.85. The molecule has 0 spiro atoms. The third kappa shape index (κ3) is 6.42. The van der Waals surface area contributed by atoms with Crippen molar-refractivity contribution in [2.75, 3.05) is 6.61 Å². The van der Waals surface area contributed by atoms with Gasteiger partial charge in [0.1, 0.15) is 21.4 Å². The fourth-order valence-corrected chi connectivity index (χ4v) is 2.07. The summed E-state index contributed by atoms with van der Waals surface area (Å²) in [6.07, 6.45) is -8.33. The zero-order valence-electron chi connectivity index (χ0n) is 11.4. The molecular weight excluding hydrogens is 345 g/mol. The van der Waals surface area contributed by atoms with Crippen LogP contribution in [0, 0.1) is 0 Å². The number of aliphatic hydroxyl groups is 1. The highest BCUT2D eigenvalue weighted by molar-refractivity contribution is 7.85. The van der Waals surface area contributed by atoms with Crippen LogP contribution >= 0.6 is 0 Å². The van der Waals surface area contributed by atoms with Crippen LogP contribution in [0.2, 0.25) is 0 Å². The normalized spacial score (nSPS) is 13.6. The van der Waals surface area contributed by atoms with Gasteiger partial charge in [-0.15, -0.1) is 0 Å². The number of carbonyl (C=O) groups excluding carboxylic acids is 1. The van der Waals surface area contributed by atoms with Crippen LogP contribution < -0.4 is 0 Å². The molecule has 1 aromatic carbocycles. The van der Waals surface area contributed by atoms with Gasteiger partial charge in [-0.25, -0.2) is 13.2 Å². The zero-order valence-corrected chi connectivity index (χ0v) is 12.2. The second-order valence-corrected chi connectivity index (χ2v) is 5.91. The van der Waals surface area contributed by atoms with Crippen LogP contribution in [0.25, 0.3) is 0 Å². The Labute approximate surface area is 129 Å². The minimum Gasteiger partial charge on any atom is -0.744 e. The lowest BCUT2D eigenvalue weighted by Gasteiger charge is -2.14. The van der Waals surface area contributed by atoms with E-state index in [2.05, 4.69) is 4.74 Å². The molecule has 0 radical (unpaired) electrons. The number of carbonyl (C=O) groups is 1. The van der Waals surface area contributed by atoms with Gasteiger partial charge in [-0.1, -0.05) is 0 Å². The van der Waals surface area contributed by atoms with E-state index in [0.717, 1.165) is 12.1 Å². The lowest BCUT2D eigenvalue weighted by atomic mass is 10.2. The van der Waals surface area contributed by atoms with Gasteiger partial charge < -0.3 is 19.5 Å². The number of aromatic hydroxyl groups is 1. The number of phenols is 1. The van der Waals surface area contributed by atoms with Crippen LogP contribution in [0.4, 0.5) is 13.2 Å². The minimum atomic E-state index is -4.86. The molecule has 7 nitrogen and oxygen atoms in total. The van der Waals surface area contributed by atoms with E-state index in [9.17, 15) is 36.0 Å². The maximum atomic E-state index is 12.0. The number of halogens is 3. The molecule has 0 aliphatic rings. The summed E-state index contributed by atoms with van der Waals surface area (Å²) in [6.45, 7) is -0.593. The Balaban J connectivity index is 2.69. The summed E-state index contributed by atoms with van der Waals surface area (Å²) >= 11 is 0. The van der Waals surface area contributed by atoms with Gasteiger partial charge in [0.15, 0.2) is 0 Å². The molecule has 1 rings (SSSR count). The van der Waals surface area contributed by atoms with Crippen LogP contribution in [0.1, 0.15) is 23.2 Å². The smallest absolute Gasteiger partial charge is 0.391 e. The summed E-state index contributed by atoms with van der Waals surface area (Å²) in [4.78, 5) is 10.9. The summed E-state index contributed by atoms with van der Waals surface area (Å²) in [6, 6.07) is 2.16. The molecule has 0 amide bonds. The largest absolute Gasteiger partial charge is 0.744 e. The van der Waals surface area contributed by atoms with Crippen molar-refractivity contribution in [1.82, 2.24) is 0 Å². The number of hydrogen-bond donors (Lipinski definition) is 2. The molecule has 1 unspecified atom stereocenters. The van der Waals surface area contributed by atoms with Gasteiger partial charge >= 0.3 is 12.1 Å². The highest BCUT2D eigenvalue weighted by atomic mass is 32.2. The first-order valence-electron chi connectivity index (χ1n) is 6.11. The molecule has 0 bridgehead atoms. The Morgan fingerprint density at radius 1 is 1.35 bits per heavy atom. The van der Waals surface area contributed by atoms with E-state index in [-0.39, 0.29) is 0 Å². The molecule has 0 fully saturated rings. The highest BCUT2D eigenvalue weighted by Crippen LogP contribution is 2.24. The van der Waals surface area contributed by atoms with Crippen molar-refractivity contribution >= 4 is 16.1 Å². The van der Waals surface area contributed by atoms with Crippen LogP contribution in [0.5, 0.6) is 5.75 Å². The van der Waals surface area contributed by atoms with E-state index in [0.29, 0.717) is 6.07 Å². The molecule has 23 heavy (non-hydrogen) atoms. The molecule has 0 aliphatic carbocycles. The van der Waals surface area contributed by atoms with Crippen molar-refractivity contribution in [2.45, 2.75) is 30.0 Å². The number of benzene rings is 1. The van der Waals surface area contributed by atoms with Gasteiger partial charge in [0.25, 0.3) is 0 Å². The lowest BCUT2D eigenvalue weighted by Crippen LogP contribution is -2.21. The van der Waals surface area contributed by atoms with E-state index < -0.39 is 64.0 Å². The van der Waals surface area contributed by atoms with Crippen molar-refractivity contribution in [3.8, 4) is 5.75 Å². The number of hydrogen-bond acceptors (Lipinski definition) is 7. The average molecular weight is 357 g/mol. The van der Waals surface area contributed by atoms with Gasteiger partial charge in [0.05, 0.1) is 24.0 Å². The predicted molar refractivity (Wildman–Crippen MR) is 67.6 cm³/mol. The standard InChI is InChI=1S/C12H13F3O7S/c13-12(14,15)6-7(16)3-4-22-11(18)9-5-8(23(19,20)21)1-2-10(9)17/h1-2,5,7,16-17H,3-4,6H2,(H,19,20,21)/p-1. The van der Waals surface area contributed by atoms with Crippen molar-refractivity contribution in [3.63, 3.8) is 0 Å². The third-order valence-electron chi connectivity index (χ3n) is 2.63. The topological polar surface area (TPSA) is 124 Å². The third-order valence-corrected chi connectivity index (χ3v) is 3.46. The Morgan fingerprint density at radius 3 is 2.48 bits per heavy atom. The number of esters is 1. The fourth-order valence-electron chi connectivity index (χ4n) is 1.57. The van der Waals surface area contributed by atoms with E-state index in [1.807, 2.05) is 0 Å². The summed E-state index contributed by atoms with van der Waals surface area (Å²) in [7, 11) is -4.86. The zero-order chi connectivity index (χ0) is 17.8. The van der Waals surface area contributed by atoms with Crippen LogP contribution in [0.3, 0.4) is 0 Å². The molecular formula is C12H12F3O7S-. The van der Waals surface area contributed by atoms with Gasteiger partial charge in [-0.3, -0.25) is 0 Å². The first kappa shape index (κ1) is 19.2. The average Bonchev–Trinajstić information content (AvgIpc) is 2.35. The Bertz CT molecular complexity index is 670. The Morgan fingerprint density at radius 2 is 1.96 bits per heavy atom. The molecule has 0 aliphatic heterocycles. The molecule has 1 aromatic rings. The molecule has 1 atom stereocenters. The second kappa shape index (κ2) is 7.15. The maximum absolute atomic E-state index is 12.0. The minimum absolute atomic E-state index is 0.508. The predicted octanol–water partition coefficient (Wildman–Crippen LogP) is 1.16. The van der Waals surface area contributed by atoms with E-state index in [1.165, 1.54) is 0 Å². The highest BCUT2D eigenvalue weighted by Gasteiger charge is 2.31. The summed E-state index contributed by atoms with van der Waals surface area (Å²) in [5.41, 5.74) is -0.632. The SMILES string of the molecule is O=C(OCCC(O)CC(F)(F)F)c1cc(S(=O)(=O)[O-])ccc1O. The Kier molecular flexibility index (Phi) is 5.97. The quantitative estimate of drug-likeness (QED) is 0.578. The monoisotopic (exact) mass is 357 g/mol. The first-order chi connectivity index (χ1) is 10.4. The van der Waals surface area contributed by atoms with E-state index >= 15 is 0 Å². The summed E-state index contributed by atoms with van der Waals surface area (Å²) in [5.74, 6) is -1.91. The molecule has 2 N–H and O–H groups in total. The molecule has 11 heteroatoms. The van der Waals surface area contributed by atoms with Crippen LogP contribution in [-0.2, 0) is 14.9 Å². The number of phenolic OH excluding ortho intramolecular Hbond substituents is 1. The summed E-state index contributed by atoms with van der Waals surface area (Å²) < 4.78 is 73.0. The first-order valence-corrected chi connectivity index (χ1v) is 7.52. The molecule has 0 heterocycles.